The number of hydrogen-bond acceptors (Lipinski definition) is 0. The van der Waals surface area contributed by atoms with Crippen molar-refractivity contribution in [1.29, 1.82) is 0 Å². The van der Waals surface area contributed by atoms with Gasteiger partial charge in [-0.05, 0) is 49.6 Å². The van der Waals surface area contributed by atoms with Crippen LogP contribution in [0.5, 0.6) is 0 Å². The normalized spacial score (nSPS) is 28.8. The molecule has 1 heteroatoms. The van der Waals surface area contributed by atoms with Crippen molar-refractivity contribution in [2.75, 3.05) is 6.16 Å². The van der Waals surface area contributed by atoms with Crippen LogP contribution in [0, 0.1) is 0 Å². The molecule has 102 valence electrons. The van der Waals surface area contributed by atoms with E-state index in [2.05, 4.69) is 20.8 Å². The van der Waals surface area contributed by atoms with Crippen LogP contribution in [-0.2, 0) is 0 Å². The number of hydrogen-bond donors (Lipinski definition) is 0. The van der Waals surface area contributed by atoms with Crippen LogP contribution in [0.1, 0.15) is 85.0 Å². The summed E-state index contributed by atoms with van der Waals surface area (Å²) in [7, 11) is 0.403. The summed E-state index contributed by atoms with van der Waals surface area (Å²) >= 11 is 0. The smallest absolute Gasteiger partial charge is 0.0209 e. The Bertz CT molecular complexity index is 166. The predicted molar refractivity (Wildman–Crippen MR) is 82.6 cm³/mol. The first kappa shape index (κ1) is 15.5. The fraction of sp³-hybridized carbons (Fsp3) is 1.00. The highest BCUT2D eigenvalue weighted by molar-refractivity contribution is 7.59. The molecular formula is C16H33P. The van der Waals surface area contributed by atoms with Crippen molar-refractivity contribution < 1.29 is 0 Å². The molecule has 1 rings (SSSR count). The summed E-state index contributed by atoms with van der Waals surface area (Å²) in [5, 5.41) is 0. The summed E-state index contributed by atoms with van der Waals surface area (Å²) in [6.45, 7) is 7.14. The molecule has 0 aromatic carbocycles. The maximum atomic E-state index is 2.42. The third-order valence-corrected chi connectivity index (χ3v) is 8.44. The minimum atomic E-state index is 0.403. The molecule has 0 radical (unpaired) electrons. The summed E-state index contributed by atoms with van der Waals surface area (Å²) in [6.07, 6.45) is 16.4. The van der Waals surface area contributed by atoms with Gasteiger partial charge >= 0.3 is 0 Å². The Morgan fingerprint density at radius 2 is 1.29 bits per heavy atom. The fourth-order valence-electron chi connectivity index (χ4n) is 3.33. The molecule has 0 aliphatic carbocycles. The van der Waals surface area contributed by atoms with Crippen LogP contribution in [0.2, 0.25) is 0 Å². The SMILES string of the molecule is CCCCCCCCP1C(CC)CCC1CC. The van der Waals surface area contributed by atoms with Gasteiger partial charge in [0.05, 0.1) is 0 Å². The molecule has 0 amide bonds. The summed E-state index contributed by atoms with van der Waals surface area (Å²) in [5.41, 5.74) is 2.26. The van der Waals surface area contributed by atoms with Crippen LogP contribution in [0.4, 0.5) is 0 Å². The molecule has 0 bridgehead atoms. The van der Waals surface area contributed by atoms with Gasteiger partial charge in [-0.25, -0.2) is 0 Å². The van der Waals surface area contributed by atoms with Gasteiger partial charge < -0.3 is 0 Å². The zero-order valence-corrected chi connectivity index (χ0v) is 13.3. The summed E-state index contributed by atoms with van der Waals surface area (Å²) in [6, 6.07) is 0. The maximum absolute atomic E-state index is 2.42. The van der Waals surface area contributed by atoms with Gasteiger partial charge in [-0.3, -0.25) is 0 Å². The summed E-state index contributed by atoms with van der Waals surface area (Å²) in [4.78, 5) is 0. The largest absolute Gasteiger partial charge is 0.100 e. The standard InChI is InChI=1S/C16H33P/c1-4-7-8-9-10-11-14-17-15(5-2)12-13-16(17)6-3/h15-16H,4-14H2,1-3H3. The first-order chi connectivity index (χ1) is 8.33. The van der Waals surface area contributed by atoms with E-state index >= 15 is 0 Å². The van der Waals surface area contributed by atoms with Gasteiger partial charge in [-0.1, -0.05) is 52.9 Å². The number of unbranched alkanes of at least 4 members (excludes halogenated alkanes) is 5. The molecule has 1 fully saturated rings. The van der Waals surface area contributed by atoms with E-state index < -0.39 is 0 Å². The minimum Gasteiger partial charge on any atom is -0.100 e. The second kappa shape index (κ2) is 9.37. The predicted octanol–water partition coefficient (Wildman–Crippen LogP) is 6.18. The molecule has 1 saturated heterocycles. The Morgan fingerprint density at radius 1 is 0.765 bits per heavy atom. The monoisotopic (exact) mass is 256 g/mol. The van der Waals surface area contributed by atoms with E-state index in [0.29, 0.717) is 7.92 Å². The lowest BCUT2D eigenvalue weighted by Crippen LogP contribution is -2.05. The van der Waals surface area contributed by atoms with Crippen molar-refractivity contribution in [3.8, 4) is 0 Å². The molecular weight excluding hydrogens is 223 g/mol. The molecule has 0 aromatic rings. The van der Waals surface area contributed by atoms with Crippen molar-refractivity contribution in [2.45, 2.75) is 96.3 Å². The van der Waals surface area contributed by atoms with Gasteiger partial charge in [-0.2, -0.15) is 0 Å². The minimum absolute atomic E-state index is 0.403. The van der Waals surface area contributed by atoms with Gasteiger partial charge in [0.15, 0.2) is 0 Å². The molecule has 0 spiro atoms. The maximum Gasteiger partial charge on any atom is -0.0209 e. The van der Waals surface area contributed by atoms with Crippen LogP contribution < -0.4 is 0 Å². The zero-order valence-electron chi connectivity index (χ0n) is 12.4. The first-order valence-electron chi connectivity index (χ1n) is 8.09. The van der Waals surface area contributed by atoms with Crippen LogP contribution >= 0.6 is 7.92 Å². The average molecular weight is 256 g/mol. The summed E-state index contributed by atoms with van der Waals surface area (Å²) < 4.78 is 0. The van der Waals surface area contributed by atoms with Crippen molar-refractivity contribution >= 4 is 7.92 Å². The Kier molecular flexibility index (Phi) is 8.54. The van der Waals surface area contributed by atoms with E-state index in [1.54, 1.807) is 19.0 Å². The van der Waals surface area contributed by atoms with Crippen LogP contribution in [0.3, 0.4) is 0 Å². The van der Waals surface area contributed by atoms with Gasteiger partial charge in [-0.15, -0.1) is 7.92 Å². The van der Waals surface area contributed by atoms with Crippen molar-refractivity contribution in [3.05, 3.63) is 0 Å². The molecule has 17 heavy (non-hydrogen) atoms. The number of rotatable bonds is 9. The molecule has 0 N–H and O–H groups in total. The van der Waals surface area contributed by atoms with Crippen LogP contribution in [0.25, 0.3) is 0 Å². The van der Waals surface area contributed by atoms with E-state index in [1.165, 1.54) is 51.4 Å². The van der Waals surface area contributed by atoms with Gasteiger partial charge in [0.1, 0.15) is 0 Å². The Morgan fingerprint density at radius 3 is 1.82 bits per heavy atom. The van der Waals surface area contributed by atoms with Gasteiger partial charge in [0.25, 0.3) is 0 Å². The lowest BCUT2D eigenvalue weighted by Gasteiger charge is -2.24. The zero-order chi connectivity index (χ0) is 12.5. The highest BCUT2D eigenvalue weighted by Crippen LogP contribution is 2.58. The summed E-state index contributed by atoms with van der Waals surface area (Å²) in [5.74, 6) is 0. The quantitative estimate of drug-likeness (QED) is 0.341. The fourth-order valence-corrected chi connectivity index (χ4v) is 7.15. The van der Waals surface area contributed by atoms with Gasteiger partial charge in [0.2, 0.25) is 0 Å². The third kappa shape index (κ3) is 5.29. The van der Waals surface area contributed by atoms with E-state index in [4.69, 9.17) is 0 Å². The highest BCUT2D eigenvalue weighted by Gasteiger charge is 2.32. The average Bonchev–Trinajstić information content (AvgIpc) is 2.75. The Balaban J connectivity index is 2.14. The van der Waals surface area contributed by atoms with E-state index in [1.807, 2.05) is 0 Å². The third-order valence-electron chi connectivity index (χ3n) is 4.48. The molecule has 0 aromatic heterocycles. The first-order valence-corrected chi connectivity index (χ1v) is 9.75. The van der Waals surface area contributed by atoms with Crippen molar-refractivity contribution in [2.24, 2.45) is 0 Å². The van der Waals surface area contributed by atoms with Crippen LogP contribution in [0.15, 0.2) is 0 Å². The Labute approximate surface area is 111 Å². The molecule has 0 nitrogen and oxygen atoms in total. The Hall–Kier alpha value is 0.430. The van der Waals surface area contributed by atoms with Crippen LogP contribution in [-0.4, -0.2) is 17.5 Å². The van der Waals surface area contributed by atoms with Crippen molar-refractivity contribution in [3.63, 3.8) is 0 Å². The molecule has 1 heterocycles. The van der Waals surface area contributed by atoms with E-state index in [9.17, 15) is 0 Å². The van der Waals surface area contributed by atoms with E-state index in [-0.39, 0.29) is 0 Å². The van der Waals surface area contributed by atoms with Gasteiger partial charge in [0, 0.05) is 0 Å². The second-order valence-corrected chi connectivity index (χ2v) is 8.64. The molecule has 1 aliphatic rings. The second-order valence-electron chi connectivity index (χ2n) is 5.71. The molecule has 0 saturated carbocycles. The van der Waals surface area contributed by atoms with Crippen molar-refractivity contribution in [1.82, 2.24) is 0 Å². The molecule has 1 aliphatic heterocycles. The lowest BCUT2D eigenvalue weighted by atomic mass is 10.1. The molecule has 2 unspecified atom stereocenters. The topological polar surface area (TPSA) is 0 Å². The lowest BCUT2D eigenvalue weighted by molar-refractivity contribution is 0.625. The van der Waals surface area contributed by atoms with E-state index in [0.717, 1.165) is 11.3 Å². The highest BCUT2D eigenvalue weighted by atomic mass is 31.1. The molecule has 2 atom stereocenters.